The van der Waals surface area contributed by atoms with E-state index in [2.05, 4.69) is 36.4 Å². The van der Waals surface area contributed by atoms with Crippen molar-refractivity contribution in [1.82, 2.24) is 14.8 Å². The zero-order valence-corrected chi connectivity index (χ0v) is 24.0. The van der Waals surface area contributed by atoms with E-state index in [9.17, 15) is 9.59 Å². The van der Waals surface area contributed by atoms with Gasteiger partial charge in [-0.05, 0) is 37.3 Å². The summed E-state index contributed by atoms with van der Waals surface area (Å²) in [5.41, 5.74) is 3.74. The molecule has 42 heavy (non-hydrogen) atoms. The number of hydrogen-bond acceptors (Lipinski definition) is 6. The van der Waals surface area contributed by atoms with Crippen LogP contribution in [0, 0.1) is 6.92 Å². The molecule has 0 radical (unpaired) electrons. The van der Waals surface area contributed by atoms with Crippen LogP contribution in [0.2, 0.25) is 0 Å². The molecule has 2 amide bonds. The van der Waals surface area contributed by atoms with Gasteiger partial charge in [0.25, 0.3) is 0 Å². The fraction of sp³-hybridized carbons (Fsp3) is 0.212. The molecule has 0 atom stereocenters. The Kier molecular flexibility index (Phi) is 8.04. The number of rotatable bonds is 8. The number of ether oxygens (including phenoxy) is 1. The highest BCUT2D eigenvalue weighted by Gasteiger charge is 2.22. The van der Waals surface area contributed by atoms with Crippen LogP contribution in [0.15, 0.2) is 85.1 Å². The summed E-state index contributed by atoms with van der Waals surface area (Å²) < 4.78 is 7.90. The largest absolute Gasteiger partial charge is 0.457 e. The molecular weight excluding hydrogens is 530 g/mol. The van der Waals surface area contributed by atoms with E-state index in [-0.39, 0.29) is 17.6 Å². The molecule has 0 aliphatic carbocycles. The lowest BCUT2D eigenvalue weighted by molar-refractivity contribution is -0.121. The number of aliphatic hydroxyl groups is 1. The highest BCUT2D eigenvalue weighted by atomic mass is 16.5. The fourth-order valence-electron chi connectivity index (χ4n) is 4.46. The number of hydrogen-bond donors (Lipinski definition) is 3. The molecule has 5 rings (SSSR count). The SMILES string of the molecule is Cc1ccc(-n2nc(C(C)(C)C)cc2NC(=O)Nc2ccc(Oc3ccnc(CC(=O)CO)c3)c3ccccc23)cc1. The van der Waals surface area contributed by atoms with Gasteiger partial charge < -0.3 is 15.2 Å². The van der Waals surface area contributed by atoms with Crippen LogP contribution in [0.5, 0.6) is 11.5 Å². The third-order valence-electron chi connectivity index (χ3n) is 6.70. The maximum absolute atomic E-state index is 13.3. The van der Waals surface area contributed by atoms with E-state index < -0.39 is 12.6 Å². The molecule has 9 nitrogen and oxygen atoms in total. The van der Waals surface area contributed by atoms with Crippen LogP contribution in [0.1, 0.15) is 37.7 Å². The fourth-order valence-corrected chi connectivity index (χ4v) is 4.46. The number of carbonyl (C=O) groups excluding carboxylic acids is 2. The molecule has 2 aromatic heterocycles. The van der Waals surface area contributed by atoms with Gasteiger partial charge in [0.2, 0.25) is 0 Å². The molecule has 2 heterocycles. The van der Waals surface area contributed by atoms with Crippen LogP contribution in [0.4, 0.5) is 16.3 Å². The van der Waals surface area contributed by atoms with Crippen molar-refractivity contribution in [3.8, 4) is 17.2 Å². The zero-order chi connectivity index (χ0) is 29.9. The summed E-state index contributed by atoms with van der Waals surface area (Å²) in [6.07, 6.45) is 1.58. The predicted octanol–water partition coefficient (Wildman–Crippen LogP) is 6.57. The minimum Gasteiger partial charge on any atom is -0.457 e. The van der Waals surface area contributed by atoms with Crippen molar-refractivity contribution < 1.29 is 19.4 Å². The molecule has 0 bridgehead atoms. The molecule has 5 aromatic rings. The Hall–Kier alpha value is -5.02. The number of carbonyl (C=O) groups is 2. The average Bonchev–Trinajstić information content (AvgIpc) is 3.39. The third-order valence-corrected chi connectivity index (χ3v) is 6.70. The molecule has 0 spiro atoms. The smallest absolute Gasteiger partial charge is 0.324 e. The van der Waals surface area contributed by atoms with Gasteiger partial charge in [0.05, 0.1) is 29.2 Å². The Labute approximate surface area is 244 Å². The van der Waals surface area contributed by atoms with Gasteiger partial charge in [0.15, 0.2) is 5.78 Å². The van der Waals surface area contributed by atoms with Crippen molar-refractivity contribution in [3.05, 3.63) is 102 Å². The number of ketones is 1. The molecule has 0 saturated heterocycles. The maximum atomic E-state index is 13.3. The molecule has 0 aliphatic rings. The minimum atomic E-state index is -0.536. The lowest BCUT2D eigenvalue weighted by atomic mass is 9.92. The van der Waals surface area contributed by atoms with Crippen molar-refractivity contribution in [1.29, 1.82) is 0 Å². The van der Waals surface area contributed by atoms with E-state index in [1.165, 1.54) is 0 Å². The van der Waals surface area contributed by atoms with Crippen LogP contribution in [-0.4, -0.2) is 38.3 Å². The minimum absolute atomic E-state index is 0.0203. The topological polar surface area (TPSA) is 118 Å². The number of nitrogens with zero attached hydrogens (tertiary/aromatic N) is 3. The lowest BCUT2D eigenvalue weighted by Crippen LogP contribution is -2.21. The monoisotopic (exact) mass is 563 g/mol. The number of fused-ring (bicyclic) bond motifs is 1. The van der Waals surface area contributed by atoms with Crippen molar-refractivity contribution >= 4 is 34.1 Å². The number of urea groups is 1. The summed E-state index contributed by atoms with van der Waals surface area (Å²) in [7, 11) is 0. The maximum Gasteiger partial charge on any atom is 0.324 e. The van der Waals surface area contributed by atoms with Crippen molar-refractivity contribution in [2.24, 2.45) is 0 Å². The summed E-state index contributed by atoms with van der Waals surface area (Å²) >= 11 is 0. The first-order chi connectivity index (χ1) is 20.1. The number of aryl methyl sites for hydroxylation is 1. The predicted molar refractivity (Wildman–Crippen MR) is 164 cm³/mol. The first-order valence-corrected chi connectivity index (χ1v) is 13.6. The van der Waals surface area contributed by atoms with Gasteiger partial charge in [0.1, 0.15) is 23.9 Å². The Morgan fingerprint density at radius 3 is 2.38 bits per heavy atom. The average molecular weight is 564 g/mol. The van der Waals surface area contributed by atoms with Crippen LogP contribution in [0.3, 0.4) is 0 Å². The lowest BCUT2D eigenvalue weighted by Gasteiger charge is -2.14. The number of anilines is 2. The second-order valence-electron chi connectivity index (χ2n) is 11.1. The summed E-state index contributed by atoms with van der Waals surface area (Å²) in [6, 6.07) is 24.0. The first-order valence-electron chi connectivity index (χ1n) is 13.6. The van der Waals surface area contributed by atoms with Crippen LogP contribution < -0.4 is 15.4 Å². The Morgan fingerprint density at radius 1 is 0.929 bits per heavy atom. The van der Waals surface area contributed by atoms with E-state index in [0.717, 1.165) is 27.7 Å². The quantitative estimate of drug-likeness (QED) is 0.197. The molecule has 3 aromatic carbocycles. The summed E-state index contributed by atoms with van der Waals surface area (Å²) in [5.74, 6) is 1.32. The highest BCUT2D eigenvalue weighted by Crippen LogP contribution is 2.35. The van der Waals surface area contributed by atoms with Gasteiger partial charge in [-0.2, -0.15) is 5.10 Å². The summed E-state index contributed by atoms with van der Waals surface area (Å²) in [5, 5.41) is 21.4. The summed E-state index contributed by atoms with van der Waals surface area (Å²) in [4.78, 5) is 29.1. The van der Waals surface area contributed by atoms with E-state index in [0.29, 0.717) is 28.7 Å². The van der Waals surface area contributed by atoms with Gasteiger partial charge in [-0.1, -0.05) is 62.7 Å². The molecule has 214 valence electrons. The van der Waals surface area contributed by atoms with Crippen LogP contribution in [-0.2, 0) is 16.6 Å². The molecule has 9 heteroatoms. The van der Waals surface area contributed by atoms with Gasteiger partial charge in [-0.3, -0.25) is 15.1 Å². The van der Waals surface area contributed by atoms with E-state index in [4.69, 9.17) is 14.9 Å². The number of nitrogens with one attached hydrogen (secondary N) is 2. The van der Waals surface area contributed by atoms with Crippen molar-refractivity contribution in [2.75, 3.05) is 17.2 Å². The Balaban J connectivity index is 1.40. The number of benzene rings is 3. The third kappa shape index (κ3) is 6.47. The number of aliphatic hydroxyl groups excluding tert-OH is 1. The van der Waals surface area contributed by atoms with E-state index >= 15 is 0 Å². The van der Waals surface area contributed by atoms with E-state index in [1.54, 1.807) is 35.1 Å². The number of aromatic nitrogens is 3. The standard InChI is InChI=1S/C33H33N5O4/c1-21-9-11-23(12-10-21)38-31(19-30(37-38)33(2,3)4)36-32(41)35-28-13-14-29(27-8-6-5-7-26(27)28)42-25-15-16-34-22(18-25)17-24(40)20-39/h5-16,18-19,39H,17,20H2,1-4H3,(H2,35,36,41). The van der Waals surface area contributed by atoms with Crippen molar-refractivity contribution in [3.63, 3.8) is 0 Å². The number of pyridine rings is 1. The second-order valence-corrected chi connectivity index (χ2v) is 11.1. The highest BCUT2D eigenvalue weighted by molar-refractivity contribution is 6.07. The van der Waals surface area contributed by atoms with Gasteiger partial charge in [0, 0.05) is 34.5 Å². The molecule has 3 N–H and O–H groups in total. The van der Waals surface area contributed by atoms with Crippen LogP contribution in [0.25, 0.3) is 16.5 Å². The molecular formula is C33H33N5O4. The summed E-state index contributed by atoms with van der Waals surface area (Å²) in [6.45, 7) is 7.73. The number of Topliss-reactive ketones (excluding diaryl/α,β-unsaturated/α-hetero) is 1. The number of amides is 2. The Bertz CT molecular complexity index is 1750. The molecule has 0 unspecified atom stereocenters. The Morgan fingerprint density at radius 2 is 1.67 bits per heavy atom. The molecule has 0 saturated carbocycles. The van der Waals surface area contributed by atoms with Gasteiger partial charge in [-0.15, -0.1) is 0 Å². The van der Waals surface area contributed by atoms with Gasteiger partial charge >= 0.3 is 6.03 Å². The normalized spacial score (nSPS) is 11.4. The molecule has 0 fully saturated rings. The van der Waals surface area contributed by atoms with Gasteiger partial charge in [-0.25, -0.2) is 9.48 Å². The molecule has 0 aliphatic heterocycles. The van der Waals surface area contributed by atoms with Crippen LogP contribution >= 0.6 is 0 Å². The first kappa shape index (κ1) is 28.5. The second kappa shape index (κ2) is 11.8. The van der Waals surface area contributed by atoms with Crippen molar-refractivity contribution in [2.45, 2.75) is 39.5 Å². The zero-order valence-electron chi connectivity index (χ0n) is 24.0. The van der Waals surface area contributed by atoms with E-state index in [1.807, 2.05) is 61.5 Å².